The Kier molecular flexibility index (Phi) is 2.75. The van der Waals surface area contributed by atoms with E-state index in [1.807, 2.05) is 25.1 Å². The Hall–Kier alpha value is -1.32. The third-order valence-electron chi connectivity index (χ3n) is 2.31. The number of benzene rings is 1. The van der Waals surface area contributed by atoms with Crippen molar-refractivity contribution < 1.29 is 0 Å². The number of aryl methyl sites for hydroxylation is 1. The molecule has 0 aliphatic carbocycles. The van der Waals surface area contributed by atoms with E-state index in [0.717, 1.165) is 16.8 Å². The van der Waals surface area contributed by atoms with Crippen LogP contribution in [0.1, 0.15) is 11.1 Å². The van der Waals surface area contributed by atoms with Crippen LogP contribution in [0.3, 0.4) is 0 Å². The van der Waals surface area contributed by atoms with Gasteiger partial charge in [-0.3, -0.25) is 0 Å². The van der Waals surface area contributed by atoms with Gasteiger partial charge in [-0.15, -0.1) is 0 Å². The minimum atomic E-state index is 0.530. The fourth-order valence-electron chi connectivity index (χ4n) is 1.46. The van der Waals surface area contributed by atoms with E-state index < -0.39 is 0 Å². The number of aromatic nitrogens is 2. The van der Waals surface area contributed by atoms with E-state index >= 15 is 0 Å². The zero-order valence-corrected chi connectivity index (χ0v) is 9.20. The summed E-state index contributed by atoms with van der Waals surface area (Å²) in [6.07, 6.45) is 3.40. The van der Waals surface area contributed by atoms with Gasteiger partial charge < -0.3 is 5.73 Å². The lowest BCUT2D eigenvalue weighted by molar-refractivity contribution is 0.868. The Morgan fingerprint density at radius 2 is 2.27 bits per heavy atom. The molecule has 0 saturated heterocycles. The first-order valence-electron chi connectivity index (χ1n) is 4.71. The van der Waals surface area contributed by atoms with Gasteiger partial charge in [-0.05, 0) is 24.1 Å². The number of halogens is 1. The average Bonchev–Trinajstić information content (AvgIpc) is 2.65. The van der Waals surface area contributed by atoms with Crippen LogP contribution in [0.25, 0.3) is 5.69 Å². The van der Waals surface area contributed by atoms with Crippen molar-refractivity contribution in [2.24, 2.45) is 5.73 Å². The maximum absolute atomic E-state index is 5.83. The summed E-state index contributed by atoms with van der Waals surface area (Å²) in [5.41, 5.74) is 8.85. The van der Waals surface area contributed by atoms with Gasteiger partial charge in [0.15, 0.2) is 0 Å². The molecule has 2 aromatic rings. The van der Waals surface area contributed by atoms with E-state index in [4.69, 9.17) is 17.3 Å². The number of nitrogens with zero attached hydrogens (tertiary/aromatic N) is 2. The number of nitrogens with two attached hydrogens (primary N) is 1. The smallest absolute Gasteiger partial charge is 0.0790 e. The number of hydrogen-bond acceptors (Lipinski definition) is 2. The van der Waals surface area contributed by atoms with Crippen LogP contribution in [0.2, 0.25) is 5.02 Å². The topological polar surface area (TPSA) is 43.8 Å². The third-order valence-corrected chi connectivity index (χ3v) is 2.50. The van der Waals surface area contributed by atoms with E-state index in [0.29, 0.717) is 11.6 Å². The first-order valence-corrected chi connectivity index (χ1v) is 5.08. The first-order chi connectivity index (χ1) is 7.20. The summed E-state index contributed by atoms with van der Waals surface area (Å²) < 4.78 is 1.76. The molecule has 2 N–H and O–H groups in total. The van der Waals surface area contributed by atoms with Crippen LogP contribution in [-0.2, 0) is 6.54 Å². The highest BCUT2D eigenvalue weighted by atomic mass is 35.5. The van der Waals surface area contributed by atoms with Gasteiger partial charge >= 0.3 is 0 Å². The Morgan fingerprint density at radius 3 is 2.87 bits per heavy atom. The van der Waals surface area contributed by atoms with Crippen molar-refractivity contribution in [2.75, 3.05) is 0 Å². The van der Waals surface area contributed by atoms with Crippen LogP contribution >= 0.6 is 11.6 Å². The molecule has 0 saturated carbocycles. The van der Waals surface area contributed by atoms with Crippen LogP contribution in [0.5, 0.6) is 0 Å². The Bertz CT molecular complexity index is 476. The van der Waals surface area contributed by atoms with Crippen LogP contribution in [-0.4, -0.2) is 9.78 Å². The molecule has 0 fully saturated rings. The van der Waals surface area contributed by atoms with Gasteiger partial charge in [0.25, 0.3) is 0 Å². The monoisotopic (exact) mass is 221 g/mol. The molecule has 3 nitrogen and oxygen atoms in total. The fourth-order valence-corrected chi connectivity index (χ4v) is 1.60. The normalized spacial score (nSPS) is 10.6. The average molecular weight is 222 g/mol. The van der Waals surface area contributed by atoms with Gasteiger partial charge in [-0.25, -0.2) is 4.68 Å². The predicted octanol–water partition coefficient (Wildman–Crippen LogP) is 2.29. The molecule has 0 bridgehead atoms. The lowest BCUT2D eigenvalue weighted by Gasteiger charge is -2.07. The van der Waals surface area contributed by atoms with Crippen molar-refractivity contribution in [3.05, 3.63) is 46.7 Å². The maximum Gasteiger partial charge on any atom is 0.0790 e. The summed E-state index contributed by atoms with van der Waals surface area (Å²) in [5.74, 6) is 0. The highest BCUT2D eigenvalue weighted by Crippen LogP contribution is 2.17. The Balaban J connectivity index is 2.51. The zero-order chi connectivity index (χ0) is 10.8. The summed E-state index contributed by atoms with van der Waals surface area (Å²) >= 11 is 5.83. The van der Waals surface area contributed by atoms with Crippen molar-refractivity contribution in [3.63, 3.8) is 0 Å². The standard InChI is InChI=1S/C11H12ClN3/c1-8-2-3-9(5-13)4-11(8)15-7-10(12)6-14-15/h2-4,6-7H,5,13H2,1H3. The maximum atomic E-state index is 5.83. The number of hydrogen-bond donors (Lipinski definition) is 1. The summed E-state index contributed by atoms with van der Waals surface area (Å²) in [6, 6.07) is 6.08. The van der Waals surface area contributed by atoms with Crippen LogP contribution in [0.4, 0.5) is 0 Å². The van der Waals surface area contributed by atoms with Crippen molar-refractivity contribution >= 4 is 11.6 Å². The van der Waals surface area contributed by atoms with Gasteiger partial charge in [0, 0.05) is 12.7 Å². The summed E-state index contributed by atoms with van der Waals surface area (Å²) in [6.45, 7) is 2.56. The lowest BCUT2D eigenvalue weighted by atomic mass is 10.1. The van der Waals surface area contributed by atoms with Gasteiger partial charge in [-0.1, -0.05) is 23.7 Å². The molecule has 1 aromatic carbocycles. The summed E-state index contributed by atoms with van der Waals surface area (Å²) in [4.78, 5) is 0. The summed E-state index contributed by atoms with van der Waals surface area (Å²) in [7, 11) is 0. The highest BCUT2D eigenvalue weighted by molar-refractivity contribution is 6.30. The van der Waals surface area contributed by atoms with Crippen LogP contribution in [0, 0.1) is 6.92 Å². The van der Waals surface area contributed by atoms with Crippen molar-refractivity contribution in [2.45, 2.75) is 13.5 Å². The van der Waals surface area contributed by atoms with E-state index in [9.17, 15) is 0 Å². The van der Waals surface area contributed by atoms with Crippen molar-refractivity contribution in [3.8, 4) is 5.69 Å². The van der Waals surface area contributed by atoms with E-state index in [1.54, 1.807) is 17.1 Å². The van der Waals surface area contributed by atoms with Crippen LogP contribution < -0.4 is 5.73 Å². The van der Waals surface area contributed by atoms with E-state index in [1.165, 1.54) is 0 Å². The highest BCUT2D eigenvalue weighted by Gasteiger charge is 2.03. The predicted molar refractivity (Wildman–Crippen MR) is 61.2 cm³/mol. The largest absolute Gasteiger partial charge is 0.326 e. The number of rotatable bonds is 2. The molecule has 0 unspecified atom stereocenters. The molecule has 78 valence electrons. The zero-order valence-electron chi connectivity index (χ0n) is 8.44. The molecule has 1 aromatic heterocycles. The Morgan fingerprint density at radius 1 is 1.47 bits per heavy atom. The van der Waals surface area contributed by atoms with Crippen molar-refractivity contribution in [1.29, 1.82) is 0 Å². The SMILES string of the molecule is Cc1ccc(CN)cc1-n1cc(Cl)cn1. The second-order valence-electron chi connectivity index (χ2n) is 3.43. The minimum Gasteiger partial charge on any atom is -0.326 e. The molecule has 0 spiro atoms. The molecular weight excluding hydrogens is 210 g/mol. The van der Waals surface area contributed by atoms with Crippen molar-refractivity contribution in [1.82, 2.24) is 9.78 Å². The molecule has 0 atom stereocenters. The molecule has 1 heterocycles. The molecule has 2 rings (SSSR count). The molecule has 0 radical (unpaired) electrons. The van der Waals surface area contributed by atoms with E-state index in [-0.39, 0.29) is 0 Å². The molecule has 4 heteroatoms. The quantitative estimate of drug-likeness (QED) is 0.846. The first kappa shape index (κ1) is 10.2. The van der Waals surface area contributed by atoms with Gasteiger partial charge in [0.2, 0.25) is 0 Å². The molecular formula is C11H12ClN3. The minimum absolute atomic E-state index is 0.530. The second-order valence-corrected chi connectivity index (χ2v) is 3.86. The second kappa shape index (κ2) is 4.04. The van der Waals surface area contributed by atoms with Gasteiger partial charge in [0.05, 0.1) is 16.9 Å². The molecule has 15 heavy (non-hydrogen) atoms. The Labute approximate surface area is 93.5 Å². The van der Waals surface area contributed by atoms with Gasteiger partial charge in [-0.2, -0.15) is 5.10 Å². The summed E-state index contributed by atoms with van der Waals surface area (Å²) in [5, 5.41) is 4.80. The van der Waals surface area contributed by atoms with Crippen LogP contribution in [0.15, 0.2) is 30.6 Å². The molecule has 0 amide bonds. The molecule has 0 aliphatic heterocycles. The fraction of sp³-hybridized carbons (Fsp3) is 0.182. The molecule has 0 aliphatic rings. The van der Waals surface area contributed by atoms with E-state index in [2.05, 4.69) is 5.10 Å². The van der Waals surface area contributed by atoms with Gasteiger partial charge in [0.1, 0.15) is 0 Å². The lowest BCUT2D eigenvalue weighted by Crippen LogP contribution is -2.01. The third kappa shape index (κ3) is 2.03.